The summed E-state index contributed by atoms with van der Waals surface area (Å²) in [6, 6.07) is 0. The zero-order valence-corrected chi connectivity index (χ0v) is 4.27. The Morgan fingerprint density at radius 3 is 0.750 bits per heavy atom. The molecule has 0 unspecified atom stereocenters. The van der Waals surface area contributed by atoms with Gasteiger partial charge in [-0.2, -0.15) is 0 Å². The molecule has 0 atom stereocenters. The number of hydrogen-bond acceptors (Lipinski definition) is 0. The van der Waals surface area contributed by atoms with Gasteiger partial charge >= 0.3 is 36.1 Å². The van der Waals surface area contributed by atoms with Gasteiger partial charge in [0, 0.05) is 0 Å². The molecular formula is H4F6OSi. The molecule has 0 amide bonds. The summed E-state index contributed by atoms with van der Waals surface area (Å²) in [4.78, 5) is 0. The van der Waals surface area contributed by atoms with Gasteiger partial charge in [-0.25, -0.2) is 0 Å². The molecule has 0 rings (SSSR count). The van der Waals surface area contributed by atoms with E-state index < -0.39 is 8.63 Å². The molecule has 56 valence electrons. The molecule has 0 saturated heterocycles. The second kappa shape index (κ2) is 1.03. The Morgan fingerprint density at radius 1 is 0.750 bits per heavy atom. The molecule has 0 aromatic heterocycles. The van der Waals surface area contributed by atoms with Crippen molar-refractivity contribution in [3.05, 3.63) is 0 Å². The van der Waals surface area contributed by atoms with Crippen LogP contribution >= 0.6 is 0 Å². The summed E-state index contributed by atoms with van der Waals surface area (Å²) < 4.78 is 59.3. The van der Waals surface area contributed by atoms with Gasteiger partial charge in [0.1, 0.15) is 0 Å². The van der Waals surface area contributed by atoms with Gasteiger partial charge in [0.05, 0.1) is 0 Å². The molecule has 0 spiro atoms. The molecule has 0 bridgehead atoms. The molecule has 0 saturated carbocycles. The standard InChI is InChI=1S/F6Si.H2O/c1-7(2,3,4,5)6;/h;1H2/q-2;/p+2. The maximum atomic E-state index is 9.88. The third kappa shape index (κ3) is 2200. The Kier molecular flexibility index (Phi) is 1.37. The van der Waals surface area contributed by atoms with Crippen molar-refractivity contribution in [3.8, 4) is 0 Å². The van der Waals surface area contributed by atoms with Crippen LogP contribution in [0, 0.1) is 0 Å². The first-order valence-electron chi connectivity index (χ1n) is 1.13. The van der Waals surface area contributed by atoms with Gasteiger partial charge in [0.15, 0.2) is 0 Å². The van der Waals surface area contributed by atoms with Gasteiger partial charge in [-0.05, 0) is 0 Å². The summed E-state index contributed by atoms with van der Waals surface area (Å²) in [5.41, 5.74) is 0. The van der Waals surface area contributed by atoms with Gasteiger partial charge in [-0.3, -0.25) is 0 Å². The van der Waals surface area contributed by atoms with E-state index in [0.717, 1.165) is 0 Å². The molecule has 1 nitrogen and oxygen atoms in total. The average Bonchev–Trinajstić information content (AvgIpc) is 0.592. The molecular weight excluding hydrogens is 158 g/mol. The van der Waals surface area contributed by atoms with E-state index in [1.165, 1.54) is 0 Å². The van der Waals surface area contributed by atoms with E-state index in [9.17, 15) is 24.6 Å². The Morgan fingerprint density at radius 2 is 0.750 bits per heavy atom. The van der Waals surface area contributed by atoms with Gasteiger partial charge in [0.2, 0.25) is 0 Å². The molecule has 0 aromatic rings. The number of halogens is 6. The van der Waals surface area contributed by atoms with Gasteiger partial charge < -0.3 is 5.48 Å². The molecule has 0 radical (unpaired) electrons. The largest absolute Gasteiger partial charge is 1.00 e. The van der Waals surface area contributed by atoms with E-state index in [4.69, 9.17) is 0 Å². The van der Waals surface area contributed by atoms with Crippen molar-refractivity contribution in [2.24, 2.45) is 0 Å². The minimum Gasteiger partial charge on any atom is -0.412 e. The van der Waals surface area contributed by atoms with Crippen molar-refractivity contribution in [2.45, 2.75) is 0 Å². The summed E-state index contributed by atoms with van der Waals surface area (Å²) in [5, 5.41) is 0. The Hall–Kier alpha value is -0.243. The van der Waals surface area contributed by atoms with Crippen LogP contribution in [-0.4, -0.2) is 14.1 Å². The van der Waals surface area contributed by atoms with Crippen molar-refractivity contribution < 1.29 is 33.0 Å². The molecule has 0 heterocycles. The minimum atomic E-state index is -10.8. The third-order valence-electron chi connectivity index (χ3n) is 0. The Labute approximate surface area is 43.1 Å². The van der Waals surface area contributed by atoms with Crippen molar-refractivity contribution in [3.63, 3.8) is 0 Å². The van der Waals surface area contributed by atoms with Crippen molar-refractivity contribution in [1.82, 2.24) is 0 Å². The Bertz CT molecular complexity index is 74.3. The quantitative estimate of drug-likeness (QED) is 0.294. The second-order valence-electron chi connectivity index (χ2n) is 1.07. The number of hydrogen-bond donors (Lipinski definition) is 0. The topological polar surface area (TPSA) is 31.5 Å². The fraction of sp³-hybridized carbons (Fsp3) is 0. The van der Waals surface area contributed by atoms with E-state index in [-0.39, 0.29) is 8.33 Å². The molecule has 0 fully saturated rings. The van der Waals surface area contributed by atoms with Crippen molar-refractivity contribution >= 4 is 8.63 Å². The zero-order valence-electron chi connectivity index (χ0n) is 5.27. The van der Waals surface area contributed by atoms with Crippen LogP contribution in [0.25, 0.3) is 0 Å². The van der Waals surface area contributed by atoms with Crippen LogP contribution in [0.3, 0.4) is 0 Å². The summed E-state index contributed by atoms with van der Waals surface area (Å²) >= 11 is 0. The summed E-state index contributed by atoms with van der Waals surface area (Å²) in [7, 11) is -10.8. The SMILES string of the molecule is F[Si-2](F)(F)(F)(F)F.O.[H+].[H+]. The van der Waals surface area contributed by atoms with Gasteiger partial charge in [-0.15, -0.1) is 0 Å². The maximum Gasteiger partial charge on any atom is 1.00 e. The molecule has 2 N–H and O–H groups in total. The number of rotatable bonds is 0. The maximum absolute atomic E-state index is 10.8. The summed E-state index contributed by atoms with van der Waals surface area (Å²) in [6.45, 7) is 0. The summed E-state index contributed by atoms with van der Waals surface area (Å²) in [6.07, 6.45) is 0. The van der Waals surface area contributed by atoms with E-state index in [1.807, 2.05) is 0 Å². The van der Waals surface area contributed by atoms with Crippen LogP contribution in [0.15, 0.2) is 0 Å². The third-order valence-corrected chi connectivity index (χ3v) is 0. The van der Waals surface area contributed by atoms with Crippen LogP contribution in [0.4, 0.5) is 24.6 Å². The molecule has 0 aliphatic carbocycles. The zero-order chi connectivity index (χ0) is 6.41. The average molecular weight is 162 g/mol. The first-order chi connectivity index (χ1) is 2.45. The first-order valence-corrected chi connectivity index (χ1v) is 3.40. The van der Waals surface area contributed by atoms with Crippen LogP contribution in [0.1, 0.15) is 2.85 Å². The predicted octanol–water partition coefficient (Wildman–Crippen LogP) is 1.54. The Balaban J connectivity index is -0.0000000600. The van der Waals surface area contributed by atoms with Gasteiger partial charge in [0.25, 0.3) is 0 Å². The van der Waals surface area contributed by atoms with Crippen molar-refractivity contribution in [2.75, 3.05) is 0 Å². The van der Waals surface area contributed by atoms with E-state index in [0.29, 0.717) is 0 Å². The van der Waals surface area contributed by atoms with E-state index in [1.54, 1.807) is 0 Å². The normalized spacial score (nSPS) is 20.2. The molecule has 0 aliphatic rings. The monoisotopic (exact) mass is 162 g/mol. The van der Waals surface area contributed by atoms with E-state index in [2.05, 4.69) is 0 Å². The van der Waals surface area contributed by atoms with E-state index >= 15 is 0 Å². The fourth-order valence-corrected chi connectivity index (χ4v) is 0. The smallest absolute Gasteiger partial charge is 0.412 e. The summed E-state index contributed by atoms with van der Waals surface area (Å²) in [5.74, 6) is 0. The van der Waals surface area contributed by atoms with Crippen LogP contribution in [-0.2, 0) is 0 Å². The first kappa shape index (κ1) is 10.7. The minimum absolute atomic E-state index is 0. The fourth-order valence-electron chi connectivity index (χ4n) is 0. The molecule has 8 heavy (non-hydrogen) atoms. The molecule has 8 heteroatoms. The molecule has 0 aromatic carbocycles. The van der Waals surface area contributed by atoms with Crippen LogP contribution in [0.2, 0.25) is 0 Å². The van der Waals surface area contributed by atoms with Crippen LogP contribution < -0.4 is 0 Å². The van der Waals surface area contributed by atoms with Crippen molar-refractivity contribution in [1.29, 1.82) is 0 Å². The second-order valence-corrected chi connectivity index (χ2v) is 3.21. The van der Waals surface area contributed by atoms with Gasteiger partial charge in [-0.1, -0.05) is 0 Å². The molecule has 0 aliphatic heterocycles. The predicted molar refractivity (Wildman–Crippen MR) is 18.2 cm³/mol. The van der Waals surface area contributed by atoms with Crippen LogP contribution in [0.5, 0.6) is 0 Å².